The lowest BCUT2D eigenvalue weighted by Gasteiger charge is -2.11. The van der Waals surface area contributed by atoms with E-state index < -0.39 is 6.03 Å². The summed E-state index contributed by atoms with van der Waals surface area (Å²) in [5, 5.41) is 5.70. The summed E-state index contributed by atoms with van der Waals surface area (Å²) in [7, 11) is 1.57. The Bertz CT molecular complexity index is 1030. The van der Waals surface area contributed by atoms with Crippen molar-refractivity contribution in [3.8, 4) is 11.5 Å². The molecular weight excluding hydrogens is 404 g/mol. The van der Waals surface area contributed by atoms with Gasteiger partial charge in [-0.2, -0.15) is 0 Å². The minimum absolute atomic E-state index is 0.187. The minimum Gasteiger partial charge on any atom is -0.497 e. The number of halogens is 1. The van der Waals surface area contributed by atoms with Gasteiger partial charge in [-0.15, -0.1) is 0 Å². The Morgan fingerprint density at radius 1 is 0.867 bits per heavy atom. The molecule has 0 saturated carbocycles. The summed E-state index contributed by atoms with van der Waals surface area (Å²) in [4.78, 5) is 25.1. The number of anilines is 2. The highest BCUT2D eigenvalue weighted by atomic mass is 35.5. The molecule has 0 saturated heterocycles. The van der Waals surface area contributed by atoms with E-state index in [9.17, 15) is 9.59 Å². The molecule has 154 valence electrons. The third-order valence-electron chi connectivity index (χ3n) is 4.25. The number of urea groups is 1. The van der Waals surface area contributed by atoms with E-state index in [0.29, 0.717) is 45.6 Å². The van der Waals surface area contributed by atoms with Crippen LogP contribution in [0.3, 0.4) is 0 Å². The van der Waals surface area contributed by atoms with Crippen molar-refractivity contribution >= 4 is 34.8 Å². The van der Waals surface area contributed by atoms with Crippen LogP contribution in [0.2, 0.25) is 5.02 Å². The molecule has 0 aliphatic heterocycles. The standard InChI is InChI=1S/C23H21ClN2O4/c1-3-30-19-9-4-15(5-10-19)22(27)16-6-13-20(24)21(14-16)26-23(28)25-17-7-11-18(29-2)12-8-17/h4-14H,3H2,1-2H3,(H2,25,26,28). The molecule has 0 radical (unpaired) electrons. The Balaban J connectivity index is 1.72. The maximum Gasteiger partial charge on any atom is 0.323 e. The first kappa shape index (κ1) is 21.2. The largest absolute Gasteiger partial charge is 0.497 e. The quantitative estimate of drug-likeness (QED) is 0.482. The molecule has 0 fully saturated rings. The molecule has 0 unspecified atom stereocenters. The predicted molar refractivity (Wildman–Crippen MR) is 118 cm³/mol. The van der Waals surface area contributed by atoms with Gasteiger partial charge in [0.05, 0.1) is 24.4 Å². The minimum atomic E-state index is -0.479. The van der Waals surface area contributed by atoms with Gasteiger partial charge < -0.3 is 20.1 Å². The van der Waals surface area contributed by atoms with E-state index in [-0.39, 0.29) is 5.78 Å². The van der Waals surface area contributed by atoms with E-state index in [1.54, 1.807) is 73.8 Å². The maximum atomic E-state index is 12.8. The number of nitrogens with one attached hydrogen (secondary N) is 2. The van der Waals surface area contributed by atoms with Crippen molar-refractivity contribution < 1.29 is 19.1 Å². The second-order valence-electron chi connectivity index (χ2n) is 6.29. The molecule has 0 aliphatic rings. The van der Waals surface area contributed by atoms with Crippen LogP contribution >= 0.6 is 11.6 Å². The third-order valence-corrected chi connectivity index (χ3v) is 4.58. The van der Waals surface area contributed by atoms with Gasteiger partial charge >= 0.3 is 6.03 Å². The van der Waals surface area contributed by atoms with Gasteiger partial charge in [0.15, 0.2) is 5.78 Å². The molecule has 0 aliphatic carbocycles. The van der Waals surface area contributed by atoms with Gasteiger partial charge in [-0.25, -0.2) is 4.79 Å². The van der Waals surface area contributed by atoms with Crippen LogP contribution in [0.1, 0.15) is 22.8 Å². The van der Waals surface area contributed by atoms with Gasteiger partial charge in [0.2, 0.25) is 0 Å². The highest BCUT2D eigenvalue weighted by Gasteiger charge is 2.13. The lowest BCUT2D eigenvalue weighted by atomic mass is 10.0. The lowest BCUT2D eigenvalue weighted by molar-refractivity contribution is 0.103. The van der Waals surface area contributed by atoms with Gasteiger partial charge in [-0.3, -0.25) is 4.79 Å². The van der Waals surface area contributed by atoms with Gasteiger partial charge in [0, 0.05) is 16.8 Å². The molecule has 6 nitrogen and oxygen atoms in total. The third kappa shape index (κ3) is 5.30. The number of hydrogen-bond donors (Lipinski definition) is 2. The van der Waals surface area contributed by atoms with E-state index in [0.717, 1.165) is 0 Å². The van der Waals surface area contributed by atoms with E-state index >= 15 is 0 Å². The summed E-state index contributed by atoms with van der Waals surface area (Å²) in [6.45, 7) is 2.45. The fraction of sp³-hybridized carbons (Fsp3) is 0.130. The number of ketones is 1. The Hall–Kier alpha value is -3.51. The van der Waals surface area contributed by atoms with Crippen molar-refractivity contribution in [2.24, 2.45) is 0 Å². The molecule has 30 heavy (non-hydrogen) atoms. The second kappa shape index (κ2) is 9.80. The number of methoxy groups -OCH3 is 1. The van der Waals surface area contributed by atoms with Crippen molar-refractivity contribution in [3.63, 3.8) is 0 Å². The Morgan fingerprint density at radius 3 is 2.13 bits per heavy atom. The SMILES string of the molecule is CCOc1ccc(C(=O)c2ccc(Cl)c(NC(=O)Nc3ccc(OC)cc3)c2)cc1. The summed E-state index contributed by atoms with van der Waals surface area (Å²) in [5.41, 5.74) is 1.84. The van der Waals surface area contributed by atoms with E-state index in [4.69, 9.17) is 21.1 Å². The fourth-order valence-electron chi connectivity index (χ4n) is 2.76. The number of benzene rings is 3. The van der Waals surface area contributed by atoms with Crippen LogP contribution in [-0.4, -0.2) is 25.5 Å². The van der Waals surface area contributed by atoms with Crippen LogP contribution in [0.4, 0.5) is 16.2 Å². The number of ether oxygens (including phenoxy) is 2. The summed E-state index contributed by atoms with van der Waals surface area (Å²) >= 11 is 6.20. The van der Waals surface area contributed by atoms with Crippen molar-refractivity contribution in [3.05, 3.63) is 82.9 Å². The van der Waals surface area contributed by atoms with Crippen LogP contribution in [0.5, 0.6) is 11.5 Å². The Morgan fingerprint density at radius 2 is 1.50 bits per heavy atom. The van der Waals surface area contributed by atoms with Gasteiger partial charge in [-0.05, 0) is 73.7 Å². The van der Waals surface area contributed by atoms with Crippen molar-refractivity contribution in [1.82, 2.24) is 0 Å². The molecule has 0 atom stereocenters. The van der Waals surface area contributed by atoms with Crippen LogP contribution in [0, 0.1) is 0 Å². The molecule has 7 heteroatoms. The number of rotatable bonds is 7. The number of carbonyl (C=O) groups excluding carboxylic acids is 2. The molecule has 0 aromatic heterocycles. The number of hydrogen-bond acceptors (Lipinski definition) is 4. The van der Waals surface area contributed by atoms with Gasteiger partial charge in [-0.1, -0.05) is 11.6 Å². The molecule has 0 heterocycles. The fourth-order valence-corrected chi connectivity index (χ4v) is 2.92. The molecule has 0 spiro atoms. The van der Waals surface area contributed by atoms with Gasteiger partial charge in [0.25, 0.3) is 0 Å². The molecule has 3 aromatic carbocycles. The molecule has 0 bridgehead atoms. The van der Waals surface area contributed by atoms with Crippen LogP contribution < -0.4 is 20.1 Å². The van der Waals surface area contributed by atoms with E-state index in [1.165, 1.54) is 0 Å². The second-order valence-corrected chi connectivity index (χ2v) is 6.70. The summed E-state index contributed by atoms with van der Waals surface area (Å²) in [6.07, 6.45) is 0. The first-order chi connectivity index (χ1) is 14.5. The monoisotopic (exact) mass is 424 g/mol. The first-order valence-electron chi connectivity index (χ1n) is 9.29. The summed E-state index contributed by atoms with van der Waals surface area (Å²) in [6, 6.07) is 18.1. The highest BCUT2D eigenvalue weighted by Crippen LogP contribution is 2.25. The summed E-state index contributed by atoms with van der Waals surface area (Å²) in [5.74, 6) is 1.19. The first-order valence-corrected chi connectivity index (χ1v) is 9.67. The normalized spacial score (nSPS) is 10.2. The zero-order valence-corrected chi connectivity index (χ0v) is 17.3. The Labute approximate surface area is 179 Å². The van der Waals surface area contributed by atoms with Crippen molar-refractivity contribution in [2.45, 2.75) is 6.92 Å². The molecule has 2 amide bonds. The Kier molecular flexibility index (Phi) is 6.93. The van der Waals surface area contributed by atoms with Crippen LogP contribution in [0.15, 0.2) is 66.7 Å². The van der Waals surface area contributed by atoms with Crippen molar-refractivity contribution in [2.75, 3.05) is 24.4 Å². The van der Waals surface area contributed by atoms with Crippen LogP contribution in [0.25, 0.3) is 0 Å². The number of carbonyl (C=O) groups is 2. The number of amides is 2. The average molecular weight is 425 g/mol. The molecule has 3 aromatic rings. The average Bonchev–Trinajstić information content (AvgIpc) is 2.76. The predicted octanol–water partition coefficient (Wildman–Crippen LogP) is 5.62. The maximum absolute atomic E-state index is 12.8. The molecular formula is C23H21ClN2O4. The topological polar surface area (TPSA) is 76.7 Å². The molecule has 2 N–H and O–H groups in total. The molecule has 3 rings (SSSR count). The lowest BCUT2D eigenvalue weighted by Crippen LogP contribution is -2.19. The van der Waals surface area contributed by atoms with Crippen LogP contribution in [-0.2, 0) is 0 Å². The zero-order valence-electron chi connectivity index (χ0n) is 16.6. The zero-order chi connectivity index (χ0) is 21.5. The van der Waals surface area contributed by atoms with E-state index in [1.807, 2.05) is 6.92 Å². The van der Waals surface area contributed by atoms with Gasteiger partial charge in [0.1, 0.15) is 11.5 Å². The summed E-state index contributed by atoms with van der Waals surface area (Å²) < 4.78 is 10.5. The highest BCUT2D eigenvalue weighted by molar-refractivity contribution is 6.34. The smallest absolute Gasteiger partial charge is 0.323 e. The van der Waals surface area contributed by atoms with Crippen molar-refractivity contribution in [1.29, 1.82) is 0 Å². The van der Waals surface area contributed by atoms with E-state index in [2.05, 4.69) is 10.6 Å².